The summed E-state index contributed by atoms with van der Waals surface area (Å²) in [6.45, 7) is 9.43. The van der Waals surface area contributed by atoms with E-state index in [9.17, 15) is 4.39 Å². The number of nitrogens with zero attached hydrogens (tertiary/aromatic N) is 3. The van der Waals surface area contributed by atoms with Crippen LogP contribution in [0.2, 0.25) is 5.04 Å². The van der Waals surface area contributed by atoms with Crippen LogP contribution in [0.1, 0.15) is 63.4 Å². The van der Waals surface area contributed by atoms with Gasteiger partial charge in [0.15, 0.2) is 11.5 Å². The molecular weight excluding hydrogens is 694 g/mol. The molecule has 11 heteroatoms. The number of likely N-dealkylation sites (tertiary alicyclic amines) is 1. The minimum Gasteiger partial charge on any atom is -0.454 e. The van der Waals surface area contributed by atoms with E-state index in [0.717, 1.165) is 53.2 Å². The van der Waals surface area contributed by atoms with Gasteiger partial charge in [0.25, 0.3) is 14.2 Å². The lowest BCUT2D eigenvalue weighted by Gasteiger charge is -2.45. The van der Waals surface area contributed by atoms with Crippen LogP contribution in [0.25, 0.3) is 0 Å². The van der Waals surface area contributed by atoms with Gasteiger partial charge in [-0.1, -0.05) is 81.4 Å². The van der Waals surface area contributed by atoms with Crippen LogP contribution < -0.4 is 25.2 Å². The first-order valence-electron chi connectivity index (χ1n) is 18.8. The second kappa shape index (κ2) is 15.5. The van der Waals surface area contributed by atoms with Crippen LogP contribution in [0.4, 0.5) is 18.9 Å². The summed E-state index contributed by atoms with van der Waals surface area (Å²) in [7, 11) is -3.19. The molecule has 282 valence electrons. The van der Waals surface area contributed by atoms with Crippen LogP contribution in [0.3, 0.4) is 0 Å². The third-order valence-corrected chi connectivity index (χ3v) is 16.0. The van der Waals surface area contributed by atoms with Gasteiger partial charge in [-0.25, -0.2) is 8.78 Å². The molecule has 0 saturated carbocycles. The first-order valence-corrected chi connectivity index (χ1v) is 20.7. The summed E-state index contributed by atoms with van der Waals surface area (Å²) in [4.78, 5) is 9.07. The molecule has 3 atom stereocenters. The first kappa shape index (κ1) is 37.4. The largest absolute Gasteiger partial charge is 0.454 e. The molecule has 4 aromatic rings. The Kier molecular flexibility index (Phi) is 10.9. The number of halogens is 3. The van der Waals surface area contributed by atoms with Crippen molar-refractivity contribution in [1.29, 1.82) is 0 Å². The predicted octanol–water partition coefficient (Wildman–Crippen LogP) is 7.20. The number of ether oxygens (including phenoxy) is 2. The van der Waals surface area contributed by atoms with Crippen LogP contribution in [0.15, 0.2) is 91.1 Å². The SMILES string of the molecule is C[C@@H]1Cc2cc3c(cc2[C@@H](c2ccc(NC4CCN(CCCF)C4)cn2)N1CC(F)(F)CO[Si](c1ccccc1)(c1ccccc1)C(C)(C)C)OCO3. The highest BCUT2D eigenvalue weighted by molar-refractivity contribution is 6.99. The summed E-state index contributed by atoms with van der Waals surface area (Å²) >= 11 is 0. The molecule has 0 radical (unpaired) electrons. The maximum absolute atomic E-state index is 16.8. The fraction of sp³-hybridized carbons (Fsp3) is 0.452. The molecule has 0 spiro atoms. The second-order valence-corrected chi connectivity index (χ2v) is 20.1. The van der Waals surface area contributed by atoms with E-state index in [-0.39, 0.29) is 25.6 Å². The van der Waals surface area contributed by atoms with E-state index in [0.29, 0.717) is 30.0 Å². The van der Waals surface area contributed by atoms with Gasteiger partial charge in [-0.05, 0) is 77.0 Å². The van der Waals surface area contributed by atoms with Crippen molar-refractivity contribution in [3.05, 3.63) is 108 Å². The Morgan fingerprint density at radius 2 is 1.62 bits per heavy atom. The summed E-state index contributed by atoms with van der Waals surface area (Å²) in [6, 6.07) is 27.2. The average molecular weight is 745 g/mol. The van der Waals surface area contributed by atoms with Gasteiger partial charge in [-0.3, -0.25) is 14.3 Å². The average Bonchev–Trinajstić information content (AvgIpc) is 3.80. The zero-order valence-corrected chi connectivity index (χ0v) is 32.2. The molecule has 3 aliphatic rings. The number of pyridine rings is 1. The van der Waals surface area contributed by atoms with Crippen LogP contribution in [-0.2, 0) is 10.8 Å². The number of hydrogen-bond donors (Lipinski definition) is 1. The summed E-state index contributed by atoms with van der Waals surface area (Å²) in [5.41, 5.74) is 3.49. The molecule has 1 saturated heterocycles. The van der Waals surface area contributed by atoms with Gasteiger partial charge in [0.2, 0.25) is 6.79 Å². The summed E-state index contributed by atoms with van der Waals surface area (Å²) in [5, 5.41) is 5.08. The van der Waals surface area contributed by atoms with E-state index >= 15 is 8.78 Å². The molecule has 4 heterocycles. The Morgan fingerprint density at radius 3 is 2.25 bits per heavy atom. The molecular formula is C42H51F3N4O3Si. The van der Waals surface area contributed by atoms with Crippen LogP contribution in [0.5, 0.6) is 11.5 Å². The Balaban J connectivity index is 1.17. The minimum absolute atomic E-state index is 0.130. The Labute approximate surface area is 312 Å². The van der Waals surface area contributed by atoms with Crippen molar-refractivity contribution in [2.24, 2.45) is 0 Å². The Morgan fingerprint density at radius 1 is 0.943 bits per heavy atom. The monoisotopic (exact) mass is 744 g/mol. The topological polar surface area (TPSA) is 59.1 Å². The van der Waals surface area contributed by atoms with Gasteiger partial charge in [0.1, 0.15) is 0 Å². The molecule has 3 aliphatic heterocycles. The van der Waals surface area contributed by atoms with Crippen molar-refractivity contribution >= 4 is 24.4 Å². The van der Waals surface area contributed by atoms with Gasteiger partial charge in [0.05, 0.1) is 43.4 Å². The Hall–Kier alpha value is -3.90. The number of benzene rings is 3. The molecule has 53 heavy (non-hydrogen) atoms. The molecule has 1 unspecified atom stereocenters. The number of hydrogen-bond acceptors (Lipinski definition) is 7. The van der Waals surface area contributed by atoms with Crippen molar-refractivity contribution in [3.8, 4) is 11.5 Å². The molecule has 1 aromatic heterocycles. The number of nitrogens with one attached hydrogen (secondary N) is 1. The summed E-state index contributed by atoms with van der Waals surface area (Å²) < 4.78 is 64.5. The molecule has 1 N–H and O–H groups in total. The summed E-state index contributed by atoms with van der Waals surface area (Å²) in [6.07, 6.45) is 3.89. The molecule has 1 fully saturated rings. The van der Waals surface area contributed by atoms with Crippen molar-refractivity contribution in [3.63, 3.8) is 0 Å². The van der Waals surface area contributed by atoms with Crippen LogP contribution in [0, 0.1) is 0 Å². The maximum Gasteiger partial charge on any atom is 0.282 e. The number of fused-ring (bicyclic) bond motifs is 2. The first-order chi connectivity index (χ1) is 25.5. The van der Waals surface area contributed by atoms with Crippen LogP contribution >= 0.6 is 0 Å². The molecule has 7 rings (SSSR count). The highest BCUT2D eigenvalue weighted by atomic mass is 28.4. The lowest BCUT2D eigenvalue weighted by atomic mass is 9.86. The van der Waals surface area contributed by atoms with Gasteiger partial charge in [-0.2, -0.15) is 0 Å². The zero-order chi connectivity index (χ0) is 37.2. The second-order valence-electron chi connectivity index (χ2n) is 15.8. The van der Waals surface area contributed by atoms with E-state index in [1.165, 1.54) is 0 Å². The predicted molar refractivity (Wildman–Crippen MR) is 206 cm³/mol. The molecule has 0 aliphatic carbocycles. The quantitative estimate of drug-likeness (QED) is 0.145. The normalized spacial score (nSPS) is 20.8. The third-order valence-electron chi connectivity index (χ3n) is 11.0. The maximum atomic E-state index is 16.8. The van der Waals surface area contributed by atoms with E-state index in [1.54, 1.807) is 6.20 Å². The molecule has 0 bridgehead atoms. The third kappa shape index (κ3) is 7.85. The smallest absolute Gasteiger partial charge is 0.282 e. The van der Waals surface area contributed by atoms with Crippen LogP contribution in [-0.4, -0.2) is 87.4 Å². The van der Waals surface area contributed by atoms with Crippen molar-refractivity contribution in [2.45, 2.75) is 76.0 Å². The van der Waals surface area contributed by atoms with E-state index < -0.39 is 38.5 Å². The van der Waals surface area contributed by atoms with Crippen molar-refractivity contribution < 1.29 is 27.1 Å². The Bertz CT molecular complexity index is 1790. The van der Waals surface area contributed by atoms with Gasteiger partial charge >= 0.3 is 0 Å². The number of anilines is 1. The van der Waals surface area contributed by atoms with E-state index in [1.807, 2.05) is 96.8 Å². The fourth-order valence-corrected chi connectivity index (χ4v) is 13.1. The highest BCUT2D eigenvalue weighted by Crippen LogP contribution is 2.45. The van der Waals surface area contributed by atoms with Gasteiger partial charge in [-0.15, -0.1) is 0 Å². The lowest BCUT2D eigenvalue weighted by molar-refractivity contribution is -0.0821. The van der Waals surface area contributed by atoms with Gasteiger partial charge < -0.3 is 24.1 Å². The zero-order valence-electron chi connectivity index (χ0n) is 31.2. The number of alkyl halides is 3. The highest BCUT2D eigenvalue weighted by Gasteiger charge is 2.52. The standard InChI is InChI=1S/C42H51F3N4O3Si/c1-30-22-31-23-38-39(51-29-50-38)24-36(31)40(37-17-16-32(25-46-37)47-33-18-21-48(26-33)20-11-19-43)49(30)27-42(44,45)28-52-53(41(2,3)4,34-12-7-5-8-13-34)35-14-9-6-10-15-35/h5-10,12-17,23-25,30,33,40,47H,11,18-22,26-29H2,1-4H3/t30-,33?,40+/m1/s1. The molecule has 7 nitrogen and oxygen atoms in total. The molecule has 3 aromatic carbocycles. The fourth-order valence-electron chi connectivity index (χ4n) is 8.49. The number of rotatable bonds is 13. The van der Waals surface area contributed by atoms with Gasteiger partial charge in [0, 0.05) is 31.7 Å². The minimum atomic E-state index is -3.19. The molecule has 0 amide bonds. The van der Waals surface area contributed by atoms with Crippen molar-refractivity contribution in [2.75, 3.05) is 51.6 Å². The lowest BCUT2D eigenvalue weighted by Crippen LogP contribution is -2.67. The summed E-state index contributed by atoms with van der Waals surface area (Å²) in [5.74, 6) is -1.90. The number of aromatic nitrogens is 1. The van der Waals surface area contributed by atoms with E-state index in [2.05, 4.69) is 31.0 Å². The van der Waals surface area contributed by atoms with E-state index in [4.69, 9.17) is 18.9 Å². The van der Waals surface area contributed by atoms with Crippen molar-refractivity contribution in [1.82, 2.24) is 14.8 Å².